The monoisotopic (exact) mass is 601 g/mol. The quantitative estimate of drug-likeness (QED) is 0.343. The highest BCUT2D eigenvalue weighted by Gasteiger charge is 2.40. The van der Waals surface area contributed by atoms with Crippen LogP contribution < -0.4 is 5.32 Å². The van der Waals surface area contributed by atoms with Gasteiger partial charge in [-0.25, -0.2) is 12.7 Å². The van der Waals surface area contributed by atoms with Crippen molar-refractivity contribution < 1.29 is 22.8 Å². The van der Waals surface area contributed by atoms with Crippen molar-refractivity contribution in [2.45, 2.75) is 43.7 Å². The molecular formula is C29H29Cl2N3O5S. The fraction of sp³-hybridized carbons (Fsp3) is 0.276. The van der Waals surface area contributed by atoms with E-state index in [4.69, 9.17) is 23.2 Å². The van der Waals surface area contributed by atoms with Crippen LogP contribution in [0.25, 0.3) is 0 Å². The van der Waals surface area contributed by atoms with E-state index >= 15 is 0 Å². The topological polar surface area (TPSA) is 104 Å². The van der Waals surface area contributed by atoms with Crippen molar-refractivity contribution in [1.82, 2.24) is 14.5 Å². The lowest BCUT2D eigenvalue weighted by molar-refractivity contribution is -0.141. The summed E-state index contributed by atoms with van der Waals surface area (Å²) >= 11 is 12.9. The highest BCUT2D eigenvalue weighted by atomic mass is 35.5. The van der Waals surface area contributed by atoms with E-state index in [1.807, 2.05) is 30.3 Å². The number of carbonyl (C=O) groups is 3. The van der Waals surface area contributed by atoms with Crippen molar-refractivity contribution in [3.63, 3.8) is 0 Å². The number of nitrogens with zero attached hydrogens (tertiary/aromatic N) is 2. The lowest BCUT2D eigenvalue weighted by Gasteiger charge is -2.32. The molecule has 1 atom stereocenters. The van der Waals surface area contributed by atoms with Crippen molar-refractivity contribution in [1.29, 1.82) is 0 Å². The molecule has 0 unspecified atom stereocenters. The Kier molecular flexibility index (Phi) is 9.50. The SMILES string of the molecule is CCNC(=O)[C@@H](Cc1ccccc1)N(Cc1c(Cl)cccc1Cl)C(=O)CCCN1C(=O)c2ccccc2S1(=O)=O. The van der Waals surface area contributed by atoms with E-state index in [0.717, 1.165) is 9.87 Å². The van der Waals surface area contributed by atoms with Crippen molar-refractivity contribution >= 4 is 50.9 Å². The van der Waals surface area contributed by atoms with Crippen LogP contribution in [0.5, 0.6) is 0 Å². The minimum atomic E-state index is -3.99. The second-order valence-electron chi connectivity index (χ2n) is 9.30. The van der Waals surface area contributed by atoms with Crippen LogP contribution in [-0.4, -0.2) is 54.5 Å². The molecule has 3 aromatic carbocycles. The predicted octanol–water partition coefficient (Wildman–Crippen LogP) is 4.69. The summed E-state index contributed by atoms with van der Waals surface area (Å²) in [6.45, 7) is 1.96. The molecule has 0 saturated carbocycles. The molecule has 11 heteroatoms. The minimum Gasteiger partial charge on any atom is -0.355 e. The van der Waals surface area contributed by atoms with E-state index in [2.05, 4.69) is 5.32 Å². The van der Waals surface area contributed by atoms with Gasteiger partial charge >= 0.3 is 0 Å². The summed E-state index contributed by atoms with van der Waals surface area (Å²) in [5.41, 5.74) is 1.46. The van der Waals surface area contributed by atoms with Gasteiger partial charge in [0.15, 0.2) is 0 Å². The molecular weight excluding hydrogens is 573 g/mol. The standard InChI is InChI=1S/C29H29Cl2N3O5S/c1-2-32-28(36)25(18-20-10-4-3-5-11-20)33(19-22-23(30)13-8-14-24(22)31)27(35)16-9-17-34-29(37)21-12-6-7-15-26(21)40(34,38)39/h3-8,10-15,25H,2,9,16-19H2,1H3,(H,32,36)/t25-/m1/s1. The van der Waals surface area contributed by atoms with Crippen molar-refractivity contribution in [3.05, 3.63) is 99.5 Å². The van der Waals surface area contributed by atoms with Crippen LogP contribution in [0.15, 0.2) is 77.7 Å². The van der Waals surface area contributed by atoms with Crippen molar-refractivity contribution in [2.75, 3.05) is 13.1 Å². The number of fused-ring (bicyclic) bond motifs is 1. The number of benzene rings is 3. The van der Waals surface area contributed by atoms with E-state index in [9.17, 15) is 22.8 Å². The van der Waals surface area contributed by atoms with Gasteiger partial charge in [-0.2, -0.15) is 0 Å². The molecule has 1 heterocycles. The van der Waals surface area contributed by atoms with Crippen molar-refractivity contribution in [3.8, 4) is 0 Å². The molecule has 0 aliphatic carbocycles. The number of hydrogen-bond acceptors (Lipinski definition) is 5. The molecule has 3 aromatic rings. The maximum atomic E-state index is 13.8. The maximum absolute atomic E-state index is 13.8. The first kappa shape index (κ1) is 29.6. The number of likely N-dealkylation sites (N-methyl/N-ethyl adjacent to an activating group) is 1. The number of carbonyl (C=O) groups excluding carboxylic acids is 3. The summed E-state index contributed by atoms with van der Waals surface area (Å²) in [6.07, 6.45) is 0.204. The molecule has 40 heavy (non-hydrogen) atoms. The lowest BCUT2D eigenvalue weighted by Crippen LogP contribution is -2.50. The Morgan fingerprint density at radius 3 is 2.25 bits per heavy atom. The second kappa shape index (κ2) is 12.8. The lowest BCUT2D eigenvalue weighted by atomic mass is 10.0. The van der Waals surface area contributed by atoms with Crippen LogP contribution >= 0.6 is 23.2 Å². The van der Waals surface area contributed by atoms with Crippen LogP contribution in [-0.2, 0) is 32.6 Å². The third kappa shape index (κ3) is 6.32. The molecule has 4 rings (SSSR count). The molecule has 0 bridgehead atoms. The Balaban J connectivity index is 1.59. The molecule has 0 spiro atoms. The Morgan fingerprint density at radius 2 is 1.60 bits per heavy atom. The van der Waals surface area contributed by atoms with E-state index < -0.39 is 27.9 Å². The molecule has 1 aliphatic heterocycles. The zero-order valence-corrected chi connectivity index (χ0v) is 24.2. The summed E-state index contributed by atoms with van der Waals surface area (Å²) in [6, 6.07) is 19.5. The van der Waals surface area contributed by atoms with Gasteiger partial charge in [-0.3, -0.25) is 14.4 Å². The summed E-state index contributed by atoms with van der Waals surface area (Å²) in [4.78, 5) is 41.2. The Labute approximate surface area is 243 Å². The van der Waals surface area contributed by atoms with Crippen LogP contribution in [0.2, 0.25) is 10.0 Å². The average molecular weight is 603 g/mol. The number of nitrogens with one attached hydrogen (secondary N) is 1. The number of halogens is 2. The maximum Gasteiger partial charge on any atom is 0.269 e. The second-order valence-corrected chi connectivity index (χ2v) is 11.9. The van der Waals surface area contributed by atoms with Gasteiger partial charge in [0, 0.05) is 48.1 Å². The van der Waals surface area contributed by atoms with E-state index in [0.29, 0.717) is 22.2 Å². The highest BCUT2D eigenvalue weighted by molar-refractivity contribution is 7.90. The van der Waals surface area contributed by atoms with Gasteiger partial charge < -0.3 is 10.2 Å². The molecule has 0 aromatic heterocycles. The van der Waals surface area contributed by atoms with E-state index in [-0.39, 0.29) is 48.7 Å². The highest BCUT2D eigenvalue weighted by Crippen LogP contribution is 2.31. The molecule has 0 fully saturated rings. The first-order valence-electron chi connectivity index (χ1n) is 12.8. The zero-order chi connectivity index (χ0) is 28.9. The first-order valence-corrected chi connectivity index (χ1v) is 15.0. The zero-order valence-electron chi connectivity index (χ0n) is 21.8. The number of rotatable bonds is 11. The van der Waals surface area contributed by atoms with Gasteiger partial charge in [0.25, 0.3) is 15.9 Å². The van der Waals surface area contributed by atoms with Gasteiger partial charge in [-0.05, 0) is 43.2 Å². The summed E-state index contributed by atoms with van der Waals surface area (Å²) in [7, 11) is -3.99. The van der Waals surface area contributed by atoms with Crippen LogP contribution in [0.1, 0.15) is 41.3 Å². The summed E-state index contributed by atoms with van der Waals surface area (Å²) < 4.78 is 26.6. The van der Waals surface area contributed by atoms with Gasteiger partial charge in [0.1, 0.15) is 10.9 Å². The molecule has 0 saturated heterocycles. The van der Waals surface area contributed by atoms with Crippen LogP contribution in [0.4, 0.5) is 0 Å². The first-order chi connectivity index (χ1) is 19.1. The number of sulfonamides is 1. The largest absolute Gasteiger partial charge is 0.355 e. The fourth-order valence-corrected chi connectivity index (χ4v) is 6.79. The molecule has 0 radical (unpaired) electrons. The van der Waals surface area contributed by atoms with Crippen LogP contribution in [0, 0.1) is 0 Å². The average Bonchev–Trinajstić information content (AvgIpc) is 3.13. The predicted molar refractivity (Wildman–Crippen MR) is 154 cm³/mol. The van der Waals surface area contributed by atoms with E-state index in [1.165, 1.54) is 17.0 Å². The summed E-state index contributed by atoms with van der Waals surface area (Å²) in [5.74, 6) is -1.35. The smallest absolute Gasteiger partial charge is 0.269 e. The van der Waals surface area contributed by atoms with Gasteiger partial charge in [-0.1, -0.05) is 71.7 Å². The minimum absolute atomic E-state index is 0.0294. The fourth-order valence-electron chi connectivity index (χ4n) is 4.67. The van der Waals surface area contributed by atoms with Gasteiger partial charge in [-0.15, -0.1) is 0 Å². The van der Waals surface area contributed by atoms with Gasteiger partial charge in [0.2, 0.25) is 11.8 Å². The van der Waals surface area contributed by atoms with Gasteiger partial charge in [0.05, 0.1) is 5.56 Å². The molecule has 3 amide bonds. The molecule has 210 valence electrons. The van der Waals surface area contributed by atoms with Crippen molar-refractivity contribution in [2.24, 2.45) is 0 Å². The Bertz CT molecular complexity index is 1490. The summed E-state index contributed by atoms with van der Waals surface area (Å²) in [5, 5.41) is 3.52. The Hall–Kier alpha value is -3.40. The third-order valence-electron chi connectivity index (χ3n) is 6.68. The molecule has 1 N–H and O–H groups in total. The number of amides is 3. The molecule has 8 nitrogen and oxygen atoms in total. The van der Waals surface area contributed by atoms with E-state index in [1.54, 1.807) is 37.3 Å². The Morgan fingerprint density at radius 1 is 0.950 bits per heavy atom. The third-order valence-corrected chi connectivity index (χ3v) is 9.22. The molecule has 1 aliphatic rings. The normalized spacial score (nSPS) is 14.5. The number of hydrogen-bond donors (Lipinski definition) is 1. The van der Waals surface area contributed by atoms with Crippen LogP contribution in [0.3, 0.4) is 0 Å².